The quantitative estimate of drug-likeness (QED) is 0.169. The van der Waals surface area contributed by atoms with E-state index >= 15 is 0 Å². The van der Waals surface area contributed by atoms with Crippen molar-refractivity contribution in [3.63, 3.8) is 0 Å². The predicted octanol–water partition coefficient (Wildman–Crippen LogP) is 14.8. The first-order valence-electron chi connectivity index (χ1n) is 20.2. The molecule has 12 rings (SSSR count). The molecule has 0 aliphatic carbocycles. The van der Waals surface area contributed by atoms with E-state index in [1.54, 1.807) is 0 Å². The van der Waals surface area contributed by atoms with Gasteiger partial charge < -0.3 is 4.57 Å². The van der Waals surface area contributed by atoms with Crippen LogP contribution in [0, 0.1) is 0 Å². The van der Waals surface area contributed by atoms with Crippen LogP contribution in [0.25, 0.3) is 115 Å². The lowest BCUT2D eigenvalue weighted by atomic mass is 9.98. The number of hydrogen-bond donors (Lipinski definition) is 0. The molecule has 0 saturated heterocycles. The number of rotatable bonds is 6. The van der Waals surface area contributed by atoms with Gasteiger partial charge in [-0.3, -0.25) is 0 Å². The van der Waals surface area contributed by atoms with Gasteiger partial charge in [0.25, 0.3) is 0 Å². The van der Waals surface area contributed by atoms with Gasteiger partial charge in [0, 0.05) is 59.6 Å². The van der Waals surface area contributed by atoms with E-state index in [9.17, 15) is 0 Å². The third-order valence-corrected chi connectivity index (χ3v) is 12.8. The molecule has 4 nitrogen and oxygen atoms in total. The van der Waals surface area contributed by atoms with E-state index in [1.165, 1.54) is 47.5 Å². The molecular formula is C55H34N4S. The number of fused-ring (bicyclic) bond motifs is 8. The fourth-order valence-corrected chi connectivity index (χ4v) is 10.0. The maximum absolute atomic E-state index is 5.47. The number of para-hydroxylation sites is 2. The molecule has 8 aromatic carbocycles. The van der Waals surface area contributed by atoms with Crippen molar-refractivity contribution in [2.24, 2.45) is 0 Å². The second kappa shape index (κ2) is 14.0. The molecule has 0 radical (unpaired) electrons. The summed E-state index contributed by atoms with van der Waals surface area (Å²) in [4.78, 5) is 15.9. The molecule has 0 spiro atoms. The molecule has 0 fully saturated rings. The van der Waals surface area contributed by atoms with E-state index in [0.717, 1.165) is 61.5 Å². The third kappa shape index (κ3) is 5.70. The van der Waals surface area contributed by atoms with E-state index in [4.69, 9.17) is 15.0 Å². The molecule has 0 amide bonds. The monoisotopic (exact) mass is 782 g/mol. The van der Waals surface area contributed by atoms with Crippen molar-refractivity contribution in [3.05, 3.63) is 206 Å². The summed E-state index contributed by atoms with van der Waals surface area (Å²) in [5.74, 6) is 0.680. The van der Waals surface area contributed by atoms with Crippen molar-refractivity contribution in [3.8, 4) is 62.0 Å². The molecule has 60 heavy (non-hydrogen) atoms. The van der Waals surface area contributed by atoms with Gasteiger partial charge in [-0.15, -0.1) is 11.3 Å². The second-order valence-corrected chi connectivity index (χ2v) is 16.2. The van der Waals surface area contributed by atoms with E-state index in [2.05, 4.69) is 193 Å². The molecular weight excluding hydrogens is 749 g/mol. The Kier molecular flexibility index (Phi) is 8.00. The summed E-state index contributed by atoms with van der Waals surface area (Å²) in [6, 6.07) is 73.0. The Morgan fingerprint density at radius 3 is 1.68 bits per heavy atom. The topological polar surface area (TPSA) is 43.6 Å². The van der Waals surface area contributed by atoms with Crippen molar-refractivity contribution in [2.45, 2.75) is 0 Å². The average Bonchev–Trinajstić information content (AvgIpc) is 3.88. The number of aromatic nitrogens is 4. The zero-order valence-corrected chi connectivity index (χ0v) is 33.1. The van der Waals surface area contributed by atoms with Gasteiger partial charge in [-0.1, -0.05) is 158 Å². The average molecular weight is 783 g/mol. The summed E-state index contributed by atoms with van der Waals surface area (Å²) in [6.07, 6.45) is 0. The molecule has 4 heterocycles. The minimum atomic E-state index is 0.680. The minimum absolute atomic E-state index is 0.680. The molecule has 0 atom stereocenters. The van der Waals surface area contributed by atoms with Crippen molar-refractivity contribution in [1.29, 1.82) is 0 Å². The van der Waals surface area contributed by atoms with Crippen LogP contribution in [0.3, 0.4) is 0 Å². The lowest BCUT2D eigenvalue weighted by Gasteiger charge is -2.13. The molecule has 0 unspecified atom stereocenters. The van der Waals surface area contributed by atoms with Crippen molar-refractivity contribution in [2.75, 3.05) is 0 Å². The van der Waals surface area contributed by atoms with Crippen LogP contribution in [0.1, 0.15) is 0 Å². The lowest BCUT2D eigenvalue weighted by molar-refractivity contribution is 1.16. The van der Waals surface area contributed by atoms with Gasteiger partial charge in [-0.05, 0) is 59.7 Å². The van der Waals surface area contributed by atoms with Gasteiger partial charge in [-0.2, -0.15) is 0 Å². The number of benzene rings is 8. The standard InChI is InChI=1S/C55H34N4S/c1-3-15-35(16-4-1)37-29-30-44-48(33-37)56-53(54-52(44)45-25-9-12-28-51(45)60-54)40-21-13-19-38(31-40)46-34-47(58-55(57-46)36-17-5-2-6-18-36)39-20-14-22-41(32-39)59-49-26-10-7-23-42(49)43-24-8-11-27-50(43)59/h1-34H. The highest BCUT2D eigenvalue weighted by Gasteiger charge is 2.19. The van der Waals surface area contributed by atoms with Crippen molar-refractivity contribution >= 4 is 64.2 Å². The maximum Gasteiger partial charge on any atom is 0.160 e. The first-order chi connectivity index (χ1) is 29.7. The number of nitrogens with zero attached hydrogens (tertiary/aromatic N) is 4. The Morgan fingerprint density at radius 2 is 0.950 bits per heavy atom. The van der Waals surface area contributed by atoms with E-state index in [1.807, 2.05) is 29.5 Å². The van der Waals surface area contributed by atoms with Gasteiger partial charge in [0.2, 0.25) is 0 Å². The van der Waals surface area contributed by atoms with E-state index < -0.39 is 0 Å². The normalized spacial score (nSPS) is 11.7. The van der Waals surface area contributed by atoms with Gasteiger partial charge in [0.15, 0.2) is 5.82 Å². The zero-order valence-electron chi connectivity index (χ0n) is 32.3. The number of pyridine rings is 1. The smallest absolute Gasteiger partial charge is 0.160 e. The van der Waals surface area contributed by atoms with E-state index in [-0.39, 0.29) is 0 Å². The van der Waals surface area contributed by atoms with Crippen molar-refractivity contribution in [1.82, 2.24) is 19.5 Å². The molecule has 4 aromatic heterocycles. The number of thiophene rings is 1. The summed E-state index contributed by atoms with van der Waals surface area (Å²) in [5, 5.41) is 6.14. The Balaban J connectivity index is 1.03. The van der Waals surface area contributed by atoms with Crippen LogP contribution in [0.4, 0.5) is 0 Å². The van der Waals surface area contributed by atoms with Gasteiger partial charge in [-0.25, -0.2) is 15.0 Å². The summed E-state index contributed by atoms with van der Waals surface area (Å²) >= 11 is 1.81. The SMILES string of the molecule is c1ccc(-c2ccc3c(c2)nc(-c2cccc(-c4cc(-c5cccc(-n6c7ccccc7c7ccccc76)c5)nc(-c5ccccc5)n4)c2)c2sc4ccccc4c23)cc1. The first-order valence-corrected chi connectivity index (χ1v) is 21.0. The summed E-state index contributed by atoms with van der Waals surface area (Å²) in [7, 11) is 0. The van der Waals surface area contributed by atoms with Crippen LogP contribution >= 0.6 is 11.3 Å². The lowest BCUT2D eigenvalue weighted by Crippen LogP contribution is -1.98. The summed E-state index contributed by atoms with van der Waals surface area (Å²) < 4.78 is 4.79. The number of hydrogen-bond acceptors (Lipinski definition) is 4. The Labute approximate surface area is 350 Å². The molecule has 280 valence electrons. The highest BCUT2D eigenvalue weighted by Crippen LogP contribution is 2.44. The predicted molar refractivity (Wildman–Crippen MR) is 252 cm³/mol. The van der Waals surface area contributed by atoms with Crippen molar-refractivity contribution < 1.29 is 0 Å². The van der Waals surface area contributed by atoms with Crippen LogP contribution in [0.5, 0.6) is 0 Å². The molecule has 12 aromatic rings. The molecule has 0 aliphatic rings. The van der Waals surface area contributed by atoms with Gasteiger partial charge in [0.05, 0.1) is 38.3 Å². The van der Waals surface area contributed by atoms with E-state index in [0.29, 0.717) is 5.82 Å². The first kappa shape index (κ1) is 34.3. The fourth-order valence-electron chi connectivity index (χ4n) is 8.78. The maximum atomic E-state index is 5.47. The van der Waals surface area contributed by atoms with Crippen LogP contribution in [-0.2, 0) is 0 Å². The second-order valence-electron chi connectivity index (χ2n) is 15.2. The minimum Gasteiger partial charge on any atom is -0.309 e. The molecule has 0 bridgehead atoms. The Hall–Kier alpha value is -7.73. The molecule has 5 heteroatoms. The fraction of sp³-hybridized carbons (Fsp3) is 0. The summed E-state index contributed by atoms with van der Waals surface area (Å²) in [5.41, 5.74) is 13.4. The van der Waals surface area contributed by atoms with Crippen LogP contribution in [-0.4, -0.2) is 19.5 Å². The van der Waals surface area contributed by atoms with Gasteiger partial charge >= 0.3 is 0 Å². The molecule has 0 saturated carbocycles. The molecule has 0 N–H and O–H groups in total. The van der Waals surface area contributed by atoms with Crippen LogP contribution in [0.15, 0.2) is 206 Å². The summed E-state index contributed by atoms with van der Waals surface area (Å²) in [6.45, 7) is 0. The molecule has 0 aliphatic heterocycles. The van der Waals surface area contributed by atoms with Crippen LogP contribution < -0.4 is 0 Å². The highest BCUT2D eigenvalue weighted by molar-refractivity contribution is 7.26. The Morgan fingerprint density at radius 1 is 0.367 bits per heavy atom. The zero-order chi connectivity index (χ0) is 39.6. The van der Waals surface area contributed by atoms with Gasteiger partial charge in [0.1, 0.15) is 0 Å². The third-order valence-electron chi connectivity index (χ3n) is 11.6. The van der Waals surface area contributed by atoms with Crippen LogP contribution in [0.2, 0.25) is 0 Å². The highest BCUT2D eigenvalue weighted by atomic mass is 32.1. The Bertz CT molecular complexity index is 3550. The largest absolute Gasteiger partial charge is 0.309 e.